The number of amides is 1. The number of aromatic amines is 1. The minimum atomic E-state index is -0.251. The van der Waals surface area contributed by atoms with Gasteiger partial charge in [-0.25, -0.2) is 4.98 Å². The highest BCUT2D eigenvalue weighted by atomic mass is 32.1. The van der Waals surface area contributed by atoms with Crippen LogP contribution in [0.1, 0.15) is 29.9 Å². The minimum absolute atomic E-state index is 0.226. The van der Waals surface area contributed by atoms with E-state index in [4.69, 9.17) is 0 Å². The molecule has 0 saturated heterocycles. The van der Waals surface area contributed by atoms with Crippen LogP contribution in [0.25, 0.3) is 0 Å². The maximum absolute atomic E-state index is 12.4. The number of thiazole rings is 1. The summed E-state index contributed by atoms with van der Waals surface area (Å²) >= 11 is 1.38. The van der Waals surface area contributed by atoms with Crippen LogP contribution in [0.4, 0.5) is 5.13 Å². The zero-order valence-electron chi connectivity index (χ0n) is 11.7. The first-order valence-corrected chi connectivity index (χ1v) is 7.26. The SMILES string of the molecule is CC(C)Cc1cc(C(=O)N(C)c2nccs2)cc(=O)[nH]1. The molecule has 2 aromatic rings. The molecular formula is C14H17N3O2S. The van der Waals surface area contributed by atoms with Gasteiger partial charge < -0.3 is 4.98 Å². The summed E-state index contributed by atoms with van der Waals surface area (Å²) in [4.78, 5) is 32.4. The third-order valence-corrected chi connectivity index (χ3v) is 3.63. The number of rotatable bonds is 4. The molecule has 0 aliphatic heterocycles. The summed E-state index contributed by atoms with van der Waals surface area (Å²) in [6.07, 6.45) is 2.38. The smallest absolute Gasteiger partial charge is 0.260 e. The molecule has 2 aromatic heterocycles. The number of anilines is 1. The molecule has 1 N–H and O–H groups in total. The van der Waals surface area contributed by atoms with Crippen molar-refractivity contribution in [2.75, 3.05) is 11.9 Å². The second-order valence-corrected chi connectivity index (χ2v) is 5.91. The largest absolute Gasteiger partial charge is 0.326 e. The van der Waals surface area contributed by atoms with Crippen molar-refractivity contribution in [1.29, 1.82) is 0 Å². The van der Waals surface area contributed by atoms with Crippen LogP contribution in [0.2, 0.25) is 0 Å². The molecule has 0 fully saturated rings. The van der Waals surface area contributed by atoms with Crippen LogP contribution >= 0.6 is 11.3 Å². The summed E-state index contributed by atoms with van der Waals surface area (Å²) in [5.74, 6) is 0.184. The van der Waals surface area contributed by atoms with Crippen molar-refractivity contribution in [3.63, 3.8) is 0 Å². The predicted octanol–water partition coefficient (Wildman–Crippen LogP) is 2.31. The van der Waals surface area contributed by atoms with Gasteiger partial charge in [0, 0.05) is 35.9 Å². The first-order chi connectivity index (χ1) is 9.47. The van der Waals surface area contributed by atoms with Gasteiger partial charge in [0.05, 0.1) is 0 Å². The summed E-state index contributed by atoms with van der Waals surface area (Å²) in [6.45, 7) is 4.13. The van der Waals surface area contributed by atoms with Crippen molar-refractivity contribution in [2.24, 2.45) is 5.92 Å². The van der Waals surface area contributed by atoms with Gasteiger partial charge in [-0.15, -0.1) is 11.3 Å². The second kappa shape index (κ2) is 6.00. The van der Waals surface area contributed by atoms with Gasteiger partial charge in [0.25, 0.3) is 5.91 Å². The van der Waals surface area contributed by atoms with Crippen LogP contribution in [0.15, 0.2) is 28.5 Å². The fourth-order valence-corrected chi connectivity index (χ4v) is 2.54. The molecule has 0 unspecified atom stereocenters. The lowest BCUT2D eigenvalue weighted by atomic mass is 10.1. The highest BCUT2D eigenvalue weighted by Gasteiger charge is 2.16. The van der Waals surface area contributed by atoms with Gasteiger partial charge in [-0.2, -0.15) is 0 Å². The summed E-state index contributed by atoms with van der Waals surface area (Å²) in [7, 11) is 1.66. The van der Waals surface area contributed by atoms with E-state index in [0.29, 0.717) is 16.6 Å². The molecule has 0 saturated carbocycles. The zero-order valence-corrected chi connectivity index (χ0v) is 12.5. The molecule has 0 aliphatic rings. The lowest BCUT2D eigenvalue weighted by Gasteiger charge is -2.14. The molecule has 106 valence electrons. The van der Waals surface area contributed by atoms with E-state index in [1.54, 1.807) is 24.7 Å². The molecule has 0 aliphatic carbocycles. The van der Waals surface area contributed by atoms with Crippen molar-refractivity contribution >= 4 is 22.4 Å². The van der Waals surface area contributed by atoms with E-state index in [1.807, 2.05) is 0 Å². The highest BCUT2D eigenvalue weighted by Crippen LogP contribution is 2.18. The third kappa shape index (κ3) is 3.33. The first-order valence-electron chi connectivity index (χ1n) is 6.38. The maximum atomic E-state index is 12.4. The Morgan fingerprint density at radius 1 is 1.45 bits per heavy atom. The molecular weight excluding hydrogens is 274 g/mol. The number of carbonyl (C=O) groups excluding carboxylic acids is 1. The van der Waals surface area contributed by atoms with Crippen LogP contribution in [0.5, 0.6) is 0 Å². The van der Waals surface area contributed by atoms with Crippen LogP contribution in [0, 0.1) is 5.92 Å². The Balaban J connectivity index is 2.30. The summed E-state index contributed by atoms with van der Waals surface area (Å²) in [6, 6.07) is 3.07. The third-order valence-electron chi connectivity index (χ3n) is 2.79. The van der Waals surface area contributed by atoms with Crippen molar-refractivity contribution < 1.29 is 4.79 Å². The van der Waals surface area contributed by atoms with Crippen molar-refractivity contribution in [2.45, 2.75) is 20.3 Å². The van der Waals surface area contributed by atoms with Crippen molar-refractivity contribution in [1.82, 2.24) is 9.97 Å². The Morgan fingerprint density at radius 3 is 2.80 bits per heavy atom. The fourth-order valence-electron chi connectivity index (χ4n) is 1.94. The summed E-state index contributed by atoms with van der Waals surface area (Å²) in [5, 5.41) is 2.42. The predicted molar refractivity (Wildman–Crippen MR) is 80.5 cm³/mol. The van der Waals surface area contributed by atoms with Crippen LogP contribution < -0.4 is 10.5 Å². The normalized spacial score (nSPS) is 10.8. The van der Waals surface area contributed by atoms with Gasteiger partial charge in [-0.05, 0) is 18.4 Å². The zero-order chi connectivity index (χ0) is 14.7. The Hall–Kier alpha value is -1.95. The molecule has 5 nitrogen and oxygen atoms in total. The quantitative estimate of drug-likeness (QED) is 0.940. The highest BCUT2D eigenvalue weighted by molar-refractivity contribution is 7.13. The van der Waals surface area contributed by atoms with Gasteiger partial charge in [0.15, 0.2) is 5.13 Å². The molecule has 0 bridgehead atoms. The lowest BCUT2D eigenvalue weighted by molar-refractivity contribution is 0.0992. The number of H-pyrrole nitrogens is 1. The molecule has 2 rings (SSSR count). The van der Waals surface area contributed by atoms with Gasteiger partial charge >= 0.3 is 0 Å². The first kappa shape index (κ1) is 14.5. The van der Waals surface area contributed by atoms with Crippen LogP contribution in [0.3, 0.4) is 0 Å². The van der Waals surface area contributed by atoms with E-state index in [-0.39, 0.29) is 11.5 Å². The van der Waals surface area contributed by atoms with E-state index in [2.05, 4.69) is 23.8 Å². The number of hydrogen-bond donors (Lipinski definition) is 1. The molecule has 1 amide bonds. The molecule has 2 heterocycles. The number of nitrogens with one attached hydrogen (secondary N) is 1. The van der Waals surface area contributed by atoms with Gasteiger partial charge in [-0.3, -0.25) is 14.5 Å². The number of nitrogens with zero attached hydrogens (tertiary/aromatic N) is 2. The molecule has 0 spiro atoms. The molecule has 0 radical (unpaired) electrons. The standard InChI is InChI=1S/C14H17N3O2S/c1-9(2)6-11-7-10(8-12(18)16-11)13(19)17(3)14-15-4-5-20-14/h4-5,7-9H,6H2,1-3H3,(H,16,18). The van der Waals surface area contributed by atoms with Gasteiger partial charge in [-0.1, -0.05) is 13.8 Å². The Morgan fingerprint density at radius 2 is 2.20 bits per heavy atom. The molecule has 6 heteroatoms. The summed E-state index contributed by atoms with van der Waals surface area (Å²) < 4.78 is 0. The Bertz CT molecular complexity index is 647. The van der Waals surface area contributed by atoms with Crippen LogP contribution in [-0.2, 0) is 6.42 Å². The average Bonchev–Trinajstić information content (AvgIpc) is 2.89. The minimum Gasteiger partial charge on any atom is -0.326 e. The van der Waals surface area contributed by atoms with E-state index in [1.165, 1.54) is 22.3 Å². The van der Waals surface area contributed by atoms with E-state index < -0.39 is 0 Å². The van der Waals surface area contributed by atoms with E-state index in [0.717, 1.165) is 12.1 Å². The lowest BCUT2D eigenvalue weighted by Crippen LogP contribution is -2.27. The number of hydrogen-bond acceptors (Lipinski definition) is 4. The second-order valence-electron chi connectivity index (χ2n) is 5.04. The average molecular weight is 291 g/mol. The Kier molecular flexibility index (Phi) is 4.34. The summed E-state index contributed by atoms with van der Waals surface area (Å²) in [5.41, 5.74) is 0.921. The molecule has 20 heavy (non-hydrogen) atoms. The maximum Gasteiger partial charge on any atom is 0.260 e. The van der Waals surface area contributed by atoms with E-state index in [9.17, 15) is 9.59 Å². The van der Waals surface area contributed by atoms with E-state index >= 15 is 0 Å². The van der Waals surface area contributed by atoms with Crippen molar-refractivity contribution in [3.8, 4) is 0 Å². The van der Waals surface area contributed by atoms with Crippen molar-refractivity contribution in [3.05, 3.63) is 45.3 Å². The topological polar surface area (TPSA) is 66.1 Å². The monoisotopic (exact) mass is 291 g/mol. The fraction of sp³-hybridized carbons (Fsp3) is 0.357. The number of carbonyl (C=O) groups is 1. The molecule has 0 aromatic carbocycles. The molecule has 0 atom stereocenters. The van der Waals surface area contributed by atoms with Gasteiger partial charge in [0.2, 0.25) is 5.56 Å². The Labute approximate surface area is 121 Å². The van der Waals surface area contributed by atoms with Gasteiger partial charge in [0.1, 0.15) is 0 Å². The van der Waals surface area contributed by atoms with Crippen LogP contribution in [-0.4, -0.2) is 22.9 Å². The number of pyridine rings is 1. The number of aromatic nitrogens is 2.